The lowest BCUT2D eigenvalue weighted by atomic mass is 10.1. The number of benzene rings is 2. The highest BCUT2D eigenvalue weighted by atomic mass is 19.1. The molecule has 8 heteroatoms. The van der Waals surface area contributed by atoms with Crippen LogP contribution in [-0.4, -0.2) is 65.4 Å². The number of hydrogen-bond acceptors (Lipinski definition) is 5. The summed E-state index contributed by atoms with van der Waals surface area (Å²) in [6.07, 6.45) is 0. The van der Waals surface area contributed by atoms with Gasteiger partial charge in [0.2, 0.25) is 5.75 Å². The number of quaternary nitrogens is 1. The zero-order valence-corrected chi connectivity index (χ0v) is 17.8. The van der Waals surface area contributed by atoms with Gasteiger partial charge < -0.3 is 28.7 Å². The van der Waals surface area contributed by atoms with Gasteiger partial charge in [0, 0.05) is 0 Å². The minimum Gasteiger partial charge on any atom is -0.496 e. The van der Waals surface area contributed by atoms with Crippen molar-refractivity contribution in [2.24, 2.45) is 0 Å². The first-order chi connectivity index (χ1) is 14.5. The van der Waals surface area contributed by atoms with Crippen molar-refractivity contribution in [2.75, 3.05) is 54.6 Å². The SMILES string of the molecule is COc1ccc(F)cc1C[NH+]1CCN(C(=O)c2ccc(OC)c(OC)c2OC)CC1. The van der Waals surface area contributed by atoms with Crippen LogP contribution in [0.3, 0.4) is 0 Å². The van der Waals surface area contributed by atoms with Gasteiger partial charge in [-0.2, -0.15) is 0 Å². The van der Waals surface area contributed by atoms with Crippen LogP contribution in [-0.2, 0) is 6.54 Å². The van der Waals surface area contributed by atoms with Crippen molar-refractivity contribution in [3.8, 4) is 23.0 Å². The van der Waals surface area contributed by atoms with E-state index in [0.29, 0.717) is 48.2 Å². The van der Waals surface area contributed by atoms with Gasteiger partial charge in [-0.3, -0.25) is 4.79 Å². The number of carbonyl (C=O) groups is 1. The third kappa shape index (κ3) is 4.43. The Labute approximate surface area is 175 Å². The van der Waals surface area contributed by atoms with E-state index in [1.165, 1.54) is 38.4 Å². The van der Waals surface area contributed by atoms with E-state index >= 15 is 0 Å². The van der Waals surface area contributed by atoms with E-state index in [2.05, 4.69) is 0 Å². The Balaban J connectivity index is 1.70. The average Bonchev–Trinajstić information content (AvgIpc) is 2.78. The Kier molecular flexibility index (Phi) is 6.99. The molecule has 0 saturated carbocycles. The van der Waals surface area contributed by atoms with E-state index < -0.39 is 0 Å². The summed E-state index contributed by atoms with van der Waals surface area (Å²) in [4.78, 5) is 16.2. The first-order valence-electron chi connectivity index (χ1n) is 9.76. The molecule has 7 nitrogen and oxygen atoms in total. The van der Waals surface area contributed by atoms with E-state index in [9.17, 15) is 9.18 Å². The molecule has 0 spiro atoms. The van der Waals surface area contributed by atoms with Crippen LogP contribution >= 0.6 is 0 Å². The molecule has 3 rings (SSSR count). The Morgan fingerprint density at radius 2 is 1.57 bits per heavy atom. The summed E-state index contributed by atoms with van der Waals surface area (Å²) in [6.45, 7) is 3.32. The number of nitrogens with zero attached hydrogens (tertiary/aromatic N) is 1. The summed E-state index contributed by atoms with van der Waals surface area (Å²) in [5, 5.41) is 0. The van der Waals surface area contributed by atoms with E-state index in [1.807, 2.05) is 0 Å². The summed E-state index contributed by atoms with van der Waals surface area (Å²) < 4.78 is 35.1. The van der Waals surface area contributed by atoms with Gasteiger partial charge in [0.15, 0.2) is 11.5 Å². The lowest BCUT2D eigenvalue weighted by Crippen LogP contribution is -3.13. The molecule has 1 heterocycles. The summed E-state index contributed by atoms with van der Waals surface area (Å²) in [5.74, 6) is 1.55. The number of rotatable bonds is 7. The van der Waals surface area contributed by atoms with E-state index in [-0.39, 0.29) is 11.7 Å². The van der Waals surface area contributed by atoms with Crippen LogP contribution in [0.1, 0.15) is 15.9 Å². The summed E-state index contributed by atoms with van der Waals surface area (Å²) >= 11 is 0. The first-order valence-corrected chi connectivity index (χ1v) is 9.76. The first kappa shape index (κ1) is 21.7. The zero-order valence-electron chi connectivity index (χ0n) is 17.8. The van der Waals surface area contributed by atoms with Gasteiger partial charge in [-0.25, -0.2) is 4.39 Å². The van der Waals surface area contributed by atoms with Gasteiger partial charge in [-0.15, -0.1) is 0 Å². The highest BCUT2D eigenvalue weighted by molar-refractivity contribution is 5.98. The van der Waals surface area contributed by atoms with Crippen molar-refractivity contribution in [1.29, 1.82) is 0 Å². The van der Waals surface area contributed by atoms with Crippen LogP contribution in [0.4, 0.5) is 4.39 Å². The molecule has 0 aliphatic carbocycles. The molecular formula is C22H28FN2O5+. The quantitative estimate of drug-likeness (QED) is 0.735. The van der Waals surface area contributed by atoms with Crippen LogP contribution in [0.25, 0.3) is 0 Å². The minimum absolute atomic E-state index is 0.116. The third-order valence-electron chi connectivity index (χ3n) is 5.38. The number of halogens is 1. The average molecular weight is 419 g/mol. The number of methoxy groups -OCH3 is 4. The molecule has 0 radical (unpaired) electrons. The van der Waals surface area contributed by atoms with Crippen molar-refractivity contribution in [2.45, 2.75) is 6.54 Å². The smallest absolute Gasteiger partial charge is 0.258 e. The molecule has 30 heavy (non-hydrogen) atoms. The summed E-state index contributed by atoms with van der Waals surface area (Å²) in [6, 6.07) is 7.95. The van der Waals surface area contributed by atoms with Gasteiger partial charge in [-0.05, 0) is 30.3 Å². The third-order valence-corrected chi connectivity index (χ3v) is 5.38. The van der Waals surface area contributed by atoms with Gasteiger partial charge in [-0.1, -0.05) is 0 Å². The lowest BCUT2D eigenvalue weighted by Gasteiger charge is -2.33. The Morgan fingerprint density at radius 3 is 2.17 bits per heavy atom. The van der Waals surface area contributed by atoms with E-state index in [4.69, 9.17) is 18.9 Å². The normalized spacial score (nSPS) is 14.4. The Morgan fingerprint density at radius 1 is 0.933 bits per heavy atom. The monoisotopic (exact) mass is 419 g/mol. The molecule has 1 aliphatic heterocycles. The van der Waals surface area contributed by atoms with E-state index in [1.54, 1.807) is 30.2 Å². The fraction of sp³-hybridized carbons (Fsp3) is 0.409. The van der Waals surface area contributed by atoms with Gasteiger partial charge >= 0.3 is 0 Å². The second kappa shape index (κ2) is 9.67. The van der Waals surface area contributed by atoms with Crippen molar-refractivity contribution in [3.05, 3.63) is 47.3 Å². The Bertz CT molecular complexity index is 897. The maximum absolute atomic E-state index is 13.6. The fourth-order valence-electron chi connectivity index (χ4n) is 3.80. The van der Waals surface area contributed by atoms with Gasteiger partial charge in [0.25, 0.3) is 5.91 Å². The number of hydrogen-bond donors (Lipinski definition) is 1. The number of ether oxygens (including phenoxy) is 4. The van der Waals surface area contributed by atoms with Gasteiger partial charge in [0.05, 0.1) is 65.7 Å². The molecule has 2 aromatic rings. The molecule has 162 valence electrons. The zero-order chi connectivity index (χ0) is 21.7. The molecule has 0 bridgehead atoms. The number of piperazine rings is 1. The van der Waals surface area contributed by atoms with Crippen molar-refractivity contribution in [3.63, 3.8) is 0 Å². The maximum atomic E-state index is 13.6. The molecule has 1 amide bonds. The predicted octanol–water partition coefficient (Wildman–Crippen LogP) is 1.40. The van der Waals surface area contributed by atoms with Crippen LogP contribution in [0.2, 0.25) is 0 Å². The predicted molar refractivity (Wildman–Crippen MR) is 109 cm³/mol. The molecule has 1 N–H and O–H groups in total. The second-order valence-electron chi connectivity index (χ2n) is 7.06. The topological polar surface area (TPSA) is 61.7 Å². The van der Waals surface area contributed by atoms with E-state index in [0.717, 1.165) is 18.7 Å². The molecule has 1 fully saturated rings. The number of nitrogens with one attached hydrogen (secondary N) is 1. The largest absolute Gasteiger partial charge is 0.496 e. The number of amides is 1. The van der Waals surface area contributed by atoms with Crippen LogP contribution < -0.4 is 23.8 Å². The summed E-state index contributed by atoms with van der Waals surface area (Å²) in [7, 11) is 6.13. The van der Waals surface area contributed by atoms with Crippen LogP contribution in [0.5, 0.6) is 23.0 Å². The highest BCUT2D eigenvalue weighted by Gasteiger charge is 2.29. The van der Waals surface area contributed by atoms with Crippen LogP contribution in [0.15, 0.2) is 30.3 Å². The highest BCUT2D eigenvalue weighted by Crippen LogP contribution is 2.40. The minimum atomic E-state index is -0.278. The summed E-state index contributed by atoms with van der Waals surface area (Å²) in [5.41, 5.74) is 1.26. The molecule has 0 aromatic heterocycles. The molecular weight excluding hydrogens is 391 g/mol. The number of carbonyl (C=O) groups excluding carboxylic acids is 1. The second-order valence-corrected chi connectivity index (χ2v) is 7.06. The van der Waals surface area contributed by atoms with Gasteiger partial charge in [0.1, 0.15) is 18.1 Å². The lowest BCUT2D eigenvalue weighted by molar-refractivity contribution is -0.917. The van der Waals surface area contributed by atoms with Crippen molar-refractivity contribution >= 4 is 5.91 Å². The van der Waals surface area contributed by atoms with Crippen molar-refractivity contribution < 1.29 is 33.0 Å². The Hall–Kier alpha value is -3.00. The molecule has 0 atom stereocenters. The standard InChI is InChI=1S/C22H27FN2O5/c1-27-18-7-5-16(23)13-15(18)14-24-9-11-25(12-10-24)22(26)17-6-8-19(28-2)21(30-4)20(17)29-3/h5-8,13H,9-12,14H2,1-4H3/p+1. The maximum Gasteiger partial charge on any atom is 0.258 e. The fourth-order valence-corrected chi connectivity index (χ4v) is 3.80. The van der Waals surface area contributed by atoms with Crippen LogP contribution in [0, 0.1) is 5.82 Å². The van der Waals surface area contributed by atoms with Crippen molar-refractivity contribution in [1.82, 2.24) is 4.90 Å². The molecule has 1 aliphatic rings. The molecule has 2 aromatic carbocycles. The molecule has 1 saturated heterocycles. The molecule has 0 unspecified atom stereocenters.